The van der Waals surface area contributed by atoms with Crippen LogP contribution in [0, 0.1) is 5.92 Å². The lowest BCUT2D eigenvalue weighted by molar-refractivity contribution is 0.0697. The van der Waals surface area contributed by atoms with Gasteiger partial charge < -0.3 is 15.3 Å². The topological polar surface area (TPSA) is 52.6 Å². The predicted octanol–water partition coefficient (Wildman–Crippen LogP) is 3.18. The minimum absolute atomic E-state index is 0.141. The molecule has 2 N–H and O–H groups in total. The van der Waals surface area contributed by atoms with Gasteiger partial charge in [-0.05, 0) is 50.0 Å². The second-order valence-corrected chi connectivity index (χ2v) is 5.90. The van der Waals surface area contributed by atoms with Crippen molar-refractivity contribution in [3.63, 3.8) is 0 Å². The fourth-order valence-corrected chi connectivity index (χ4v) is 2.82. The van der Waals surface area contributed by atoms with E-state index in [4.69, 9.17) is 16.7 Å². The summed E-state index contributed by atoms with van der Waals surface area (Å²) in [6, 6.07) is 4.98. The van der Waals surface area contributed by atoms with Crippen molar-refractivity contribution >= 4 is 23.3 Å². The summed E-state index contributed by atoms with van der Waals surface area (Å²) in [7, 11) is 0. The number of nitrogens with one attached hydrogen (secondary N) is 1. The average Bonchev–Trinajstić information content (AvgIpc) is 2.89. The summed E-state index contributed by atoms with van der Waals surface area (Å²) in [6.45, 7) is 6.61. The van der Waals surface area contributed by atoms with E-state index in [1.807, 2.05) is 0 Å². The van der Waals surface area contributed by atoms with Crippen molar-refractivity contribution in [2.24, 2.45) is 5.92 Å². The Morgan fingerprint density at radius 1 is 1.45 bits per heavy atom. The van der Waals surface area contributed by atoms with E-state index < -0.39 is 5.97 Å². The normalized spacial score (nSPS) is 17.1. The summed E-state index contributed by atoms with van der Waals surface area (Å²) < 4.78 is 0. The SMILES string of the molecule is CC(CNc1ccc(C(=O)O)c(Cl)c1)CN1CCCC1. The molecule has 1 aliphatic heterocycles. The van der Waals surface area contributed by atoms with Crippen molar-refractivity contribution in [3.05, 3.63) is 28.8 Å². The van der Waals surface area contributed by atoms with E-state index in [1.54, 1.807) is 12.1 Å². The van der Waals surface area contributed by atoms with Crippen molar-refractivity contribution in [1.29, 1.82) is 0 Å². The maximum atomic E-state index is 10.9. The number of carbonyl (C=O) groups is 1. The van der Waals surface area contributed by atoms with E-state index in [1.165, 1.54) is 32.0 Å². The summed E-state index contributed by atoms with van der Waals surface area (Å²) in [5.41, 5.74) is 1.01. The molecule has 0 amide bonds. The lowest BCUT2D eigenvalue weighted by atomic mass is 10.1. The molecular weight excluding hydrogens is 276 g/mol. The molecule has 1 aromatic carbocycles. The lowest BCUT2D eigenvalue weighted by Crippen LogP contribution is -2.28. The maximum absolute atomic E-state index is 10.9. The maximum Gasteiger partial charge on any atom is 0.337 e. The second-order valence-electron chi connectivity index (χ2n) is 5.49. The molecule has 4 nitrogen and oxygen atoms in total. The van der Waals surface area contributed by atoms with Gasteiger partial charge in [-0.15, -0.1) is 0 Å². The molecule has 0 saturated carbocycles. The van der Waals surface area contributed by atoms with Crippen molar-refractivity contribution in [2.75, 3.05) is 31.5 Å². The molecule has 1 heterocycles. The zero-order valence-corrected chi connectivity index (χ0v) is 12.5. The number of likely N-dealkylation sites (tertiary alicyclic amines) is 1. The van der Waals surface area contributed by atoms with Crippen LogP contribution in [-0.4, -0.2) is 42.2 Å². The smallest absolute Gasteiger partial charge is 0.337 e. The van der Waals surface area contributed by atoms with E-state index in [9.17, 15) is 4.79 Å². The van der Waals surface area contributed by atoms with Crippen LogP contribution in [0.25, 0.3) is 0 Å². The molecule has 0 spiro atoms. The van der Waals surface area contributed by atoms with Gasteiger partial charge in [0, 0.05) is 18.8 Å². The van der Waals surface area contributed by atoms with E-state index in [-0.39, 0.29) is 10.6 Å². The van der Waals surface area contributed by atoms with Crippen LogP contribution in [-0.2, 0) is 0 Å². The number of hydrogen-bond donors (Lipinski definition) is 2. The molecule has 0 aliphatic carbocycles. The third-order valence-corrected chi connectivity index (χ3v) is 3.94. The number of anilines is 1. The first-order valence-corrected chi connectivity index (χ1v) is 7.43. The Hall–Kier alpha value is -1.26. The molecule has 1 unspecified atom stereocenters. The zero-order valence-electron chi connectivity index (χ0n) is 11.7. The van der Waals surface area contributed by atoms with E-state index >= 15 is 0 Å². The van der Waals surface area contributed by atoms with Crippen LogP contribution >= 0.6 is 11.6 Å². The fraction of sp³-hybridized carbons (Fsp3) is 0.533. The molecule has 1 aliphatic rings. The highest BCUT2D eigenvalue weighted by Crippen LogP contribution is 2.21. The Balaban J connectivity index is 1.84. The fourth-order valence-electron chi connectivity index (χ4n) is 2.56. The van der Waals surface area contributed by atoms with Gasteiger partial charge in [0.25, 0.3) is 0 Å². The molecule has 0 aromatic heterocycles. The molecule has 1 aromatic rings. The minimum Gasteiger partial charge on any atom is -0.478 e. The van der Waals surface area contributed by atoms with Crippen molar-refractivity contribution in [3.8, 4) is 0 Å². The van der Waals surface area contributed by atoms with Gasteiger partial charge in [-0.2, -0.15) is 0 Å². The van der Waals surface area contributed by atoms with Gasteiger partial charge in [0.2, 0.25) is 0 Å². The van der Waals surface area contributed by atoms with Gasteiger partial charge in [-0.1, -0.05) is 18.5 Å². The molecule has 110 valence electrons. The van der Waals surface area contributed by atoms with E-state index in [2.05, 4.69) is 17.1 Å². The number of halogens is 1. The number of benzene rings is 1. The zero-order chi connectivity index (χ0) is 14.5. The first kappa shape index (κ1) is 15.1. The van der Waals surface area contributed by atoms with Gasteiger partial charge in [0.05, 0.1) is 10.6 Å². The molecule has 1 atom stereocenters. The second kappa shape index (κ2) is 6.95. The summed E-state index contributed by atoms with van der Waals surface area (Å²) >= 11 is 5.95. The predicted molar refractivity (Wildman–Crippen MR) is 81.7 cm³/mol. The molecule has 0 radical (unpaired) electrons. The summed E-state index contributed by atoms with van der Waals surface area (Å²) in [5.74, 6) is -0.449. The Morgan fingerprint density at radius 3 is 2.75 bits per heavy atom. The highest BCUT2D eigenvalue weighted by molar-refractivity contribution is 6.33. The quantitative estimate of drug-likeness (QED) is 0.846. The number of hydrogen-bond acceptors (Lipinski definition) is 3. The van der Waals surface area contributed by atoms with Gasteiger partial charge in [-0.3, -0.25) is 0 Å². The van der Waals surface area contributed by atoms with Crippen LogP contribution in [0.4, 0.5) is 5.69 Å². The number of aromatic carboxylic acids is 1. The molecule has 20 heavy (non-hydrogen) atoms. The van der Waals surface area contributed by atoms with Gasteiger partial charge >= 0.3 is 5.97 Å². The van der Waals surface area contributed by atoms with E-state index in [0.29, 0.717) is 5.92 Å². The number of rotatable bonds is 6. The molecular formula is C15H21ClN2O2. The van der Waals surface area contributed by atoms with Crippen LogP contribution in [0.2, 0.25) is 5.02 Å². The summed E-state index contributed by atoms with van der Waals surface area (Å²) in [5, 5.41) is 12.5. The average molecular weight is 297 g/mol. The van der Waals surface area contributed by atoms with Crippen LogP contribution < -0.4 is 5.32 Å². The molecule has 5 heteroatoms. The largest absolute Gasteiger partial charge is 0.478 e. The Kier molecular flexibility index (Phi) is 5.26. The number of nitrogens with zero attached hydrogens (tertiary/aromatic N) is 1. The van der Waals surface area contributed by atoms with Crippen LogP contribution in [0.1, 0.15) is 30.1 Å². The van der Waals surface area contributed by atoms with Crippen molar-refractivity contribution in [2.45, 2.75) is 19.8 Å². The third-order valence-electron chi connectivity index (χ3n) is 3.62. The molecule has 1 fully saturated rings. The summed E-state index contributed by atoms with van der Waals surface area (Å²) in [6.07, 6.45) is 2.62. The van der Waals surface area contributed by atoms with Gasteiger partial charge in [0.1, 0.15) is 0 Å². The molecule has 2 rings (SSSR count). The standard InChI is InChI=1S/C15H21ClN2O2/c1-11(10-18-6-2-3-7-18)9-17-12-4-5-13(15(19)20)14(16)8-12/h4-5,8,11,17H,2-3,6-7,9-10H2,1H3,(H,19,20). The van der Waals surface area contributed by atoms with E-state index in [0.717, 1.165) is 18.8 Å². The first-order chi connectivity index (χ1) is 9.56. The molecule has 0 bridgehead atoms. The highest BCUT2D eigenvalue weighted by Gasteiger charge is 2.14. The monoisotopic (exact) mass is 296 g/mol. The molecule has 1 saturated heterocycles. The minimum atomic E-state index is -0.996. The highest BCUT2D eigenvalue weighted by atomic mass is 35.5. The number of carboxylic acid groups (broad SMARTS) is 1. The van der Waals surface area contributed by atoms with Crippen LogP contribution in [0.3, 0.4) is 0 Å². The van der Waals surface area contributed by atoms with Gasteiger partial charge in [0.15, 0.2) is 0 Å². The van der Waals surface area contributed by atoms with Crippen molar-refractivity contribution in [1.82, 2.24) is 4.90 Å². The lowest BCUT2D eigenvalue weighted by Gasteiger charge is -2.21. The Morgan fingerprint density at radius 2 is 2.15 bits per heavy atom. The van der Waals surface area contributed by atoms with Crippen molar-refractivity contribution < 1.29 is 9.90 Å². The summed E-state index contributed by atoms with van der Waals surface area (Å²) in [4.78, 5) is 13.4. The Labute approximate surface area is 124 Å². The number of carboxylic acids is 1. The van der Waals surface area contributed by atoms with Gasteiger partial charge in [-0.25, -0.2) is 4.79 Å². The first-order valence-electron chi connectivity index (χ1n) is 7.05. The van der Waals surface area contributed by atoms with Crippen LogP contribution in [0.5, 0.6) is 0 Å². The van der Waals surface area contributed by atoms with Crippen LogP contribution in [0.15, 0.2) is 18.2 Å². The Bertz CT molecular complexity index is 473. The third kappa shape index (κ3) is 4.12.